The Morgan fingerprint density at radius 1 is 1.19 bits per heavy atom. The van der Waals surface area contributed by atoms with E-state index in [1.807, 2.05) is 13.8 Å². The van der Waals surface area contributed by atoms with Gasteiger partial charge in [0.2, 0.25) is 10.0 Å². The Hall–Kier alpha value is -1.07. The Morgan fingerprint density at radius 2 is 1.86 bits per heavy atom. The van der Waals surface area contributed by atoms with Crippen LogP contribution in [0.1, 0.15) is 51.0 Å². The summed E-state index contributed by atoms with van der Waals surface area (Å²) in [4.78, 5) is 0.327. The molecule has 0 unspecified atom stereocenters. The van der Waals surface area contributed by atoms with E-state index in [-0.39, 0.29) is 6.04 Å². The molecule has 21 heavy (non-hydrogen) atoms. The van der Waals surface area contributed by atoms with Gasteiger partial charge in [0, 0.05) is 6.04 Å². The number of rotatable bonds is 5. The van der Waals surface area contributed by atoms with Crippen molar-refractivity contribution in [2.24, 2.45) is 0 Å². The van der Waals surface area contributed by atoms with Gasteiger partial charge in [0.25, 0.3) is 0 Å². The highest BCUT2D eigenvalue weighted by atomic mass is 32.2. The van der Waals surface area contributed by atoms with Gasteiger partial charge in [-0.15, -0.1) is 0 Å². The maximum atomic E-state index is 12.5. The van der Waals surface area contributed by atoms with Crippen molar-refractivity contribution in [1.29, 1.82) is 0 Å². The van der Waals surface area contributed by atoms with Crippen LogP contribution in [-0.2, 0) is 10.0 Å². The molecule has 0 atom stereocenters. The van der Waals surface area contributed by atoms with Crippen molar-refractivity contribution in [3.8, 4) is 5.75 Å². The molecule has 1 aliphatic carbocycles. The summed E-state index contributed by atoms with van der Waals surface area (Å²) < 4.78 is 33.3. The zero-order valence-electron chi connectivity index (χ0n) is 12.9. The summed E-state index contributed by atoms with van der Waals surface area (Å²) in [6.45, 7) is 4.36. The predicted molar refractivity (Wildman–Crippen MR) is 84.2 cm³/mol. The van der Waals surface area contributed by atoms with E-state index in [0.29, 0.717) is 11.5 Å². The predicted octanol–water partition coefficient (Wildman–Crippen LogP) is 3.39. The summed E-state index contributed by atoms with van der Waals surface area (Å²) in [5.74, 6) is 0.742. The number of hydrogen-bond donors (Lipinski definition) is 1. The van der Waals surface area contributed by atoms with Crippen LogP contribution in [0, 0.1) is 6.92 Å². The molecule has 0 heterocycles. The van der Waals surface area contributed by atoms with E-state index in [9.17, 15) is 8.42 Å². The molecule has 0 aliphatic heterocycles. The van der Waals surface area contributed by atoms with Crippen molar-refractivity contribution >= 4 is 10.0 Å². The zero-order chi connectivity index (χ0) is 15.3. The van der Waals surface area contributed by atoms with Crippen molar-refractivity contribution in [1.82, 2.24) is 4.72 Å². The van der Waals surface area contributed by atoms with Gasteiger partial charge in [0.1, 0.15) is 5.75 Å². The minimum atomic E-state index is -3.44. The first-order chi connectivity index (χ1) is 10.0. The van der Waals surface area contributed by atoms with Crippen molar-refractivity contribution in [2.45, 2.75) is 63.3 Å². The Kier molecular flexibility index (Phi) is 5.65. The fraction of sp³-hybridized carbons (Fsp3) is 0.625. The molecule has 4 nitrogen and oxygen atoms in total. The molecule has 0 spiro atoms. The fourth-order valence-corrected chi connectivity index (χ4v) is 4.18. The molecule has 5 heteroatoms. The van der Waals surface area contributed by atoms with Crippen LogP contribution in [0.3, 0.4) is 0 Å². The number of ether oxygens (including phenoxy) is 1. The lowest BCUT2D eigenvalue weighted by Crippen LogP contribution is -2.34. The number of aryl methyl sites for hydroxylation is 1. The van der Waals surface area contributed by atoms with Gasteiger partial charge in [-0.2, -0.15) is 0 Å². The van der Waals surface area contributed by atoms with E-state index >= 15 is 0 Å². The summed E-state index contributed by atoms with van der Waals surface area (Å²) in [5, 5.41) is 0. The average Bonchev–Trinajstić information content (AvgIpc) is 2.69. The molecule has 0 radical (unpaired) electrons. The molecule has 1 N–H and O–H groups in total. The third kappa shape index (κ3) is 4.45. The van der Waals surface area contributed by atoms with Gasteiger partial charge in [0.05, 0.1) is 11.5 Å². The summed E-state index contributed by atoms with van der Waals surface area (Å²) in [7, 11) is -3.44. The first-order valence-corrected chi connectivity index (χ1v) is 9.27. The largest absolute Gasteiger partial charge is 0.494 e. The van der Waals surface area contributed by atoms with Gasteiger partial charge in [-0.3, -0.25) is 0 Å². The van der Waals surface area contributed by atoms with Crippen LogP contribution in [0.15, 0.2) is 23.1 Å². The minimum Gasteiger partial charge on any atom is -0.494 e. The second-order valence-corrected chi connectivity index (χ2v) is 7.38. The zero-order valence-corrected chi connectivity index (χ0v) is 13.7. The first kappa shape index (κ1) is 16.3. The lowest BCUT2D eigenvalue weighted by Gasteiger charge is -2.17. The van der Waals surface area contributed by atoms with Crippen LogP contribution >= 0.6 is 0 Å². The number of nitrogens with one attached hydrogen (secondary N) is 1. The molecule has 1 aromatic carbocycles. The van der Waals surface area contributed by atoms with Crippen molar-refractivity contribution < 1.29 is 13.2 Å². The van der Waals surface area contributed by atoms with E-state index in [1.54, 1.807) is 18.2 Å². The van der Waals surface area contributed by atoms with Crippen LogP contribution in [-0.4, -0.2) is 21.1 Å². The van der Waals surface area contributed by atoms with Crippen LogP contribution < -0.4 is 9.46 Å². The van der Waals surface area contributed by atoms with E-state index in [0.717, 1.165) is 37.0 Å². The Bertz CT molecular complexity index is 561. The summed E-state index contributed by atoms with van der Waals surface area (Å²) in [6, 6.07) is 5.12. The molecule has 0 saturated heterocycles. The highest BCUT2D eigenvalue weighted by Gasteiger charge is 2.21. The quantitative estimate of drug-likeness (QED) is 0.848. The van der Waals surface area contributed by atoms with Gasteiger partial charge < -0.3 is 4.74 Å². The topological polar surface area (TPSA) is 55.4 Å². The van der Waals surface area contributed by atoms with Gasteiger partial charge in [-0.05, 0) is 50.5 Å². The van der Waals surface area contributed by atoms with E-state index < -0.39 is 10.0 Å². The second-order valence-electron chi connectivity index (χ2n) is 5.67. The van der Waals surface area contributed by atoms with Crippen LogP contribution in [0.5, 0.6) is 5.75 Å². The van der Waals surface area contributed by atoms with Gasteiger partial charge in [0.15, 0.2) is 0 Å². The molecule has 118 valence electrons. The molecule has 1 aliphatic rings. The average molecular weight is 311 g/mol. The Balaban J connectivity index is 2.13. The minimum absolute atomic E-state index is 0.0735. The molecule has 0 bridgehead atoms. The highest BCUT2D eigenvalue weighted by Crippen LogP contribution is 2.23. The van der Waals surface area contributed by atoms with Crippen molar-refractivity contribution in [2.75, 3.05) is 6.61 Å². The highest BCUT2D eigenvalue weighted by molar-refractivity contribution is 7.89. The summed E-state index contributed by atoms with van der Waals surface area (Å²) in [5.41, 5.74) is 0.848. The smallest absolute Gasteiger partial charge is 0.240 e. The number of sulfonamides is 1. The van der Waals surface area contributed by atoms with E-state index in [1.165, 1.54) is 12.8 Å². The van der Waals surface area contributed by atoms with E-state index in [2.05, 4.69) is 4.72 Å². The molecule has 1 saturated carbocycles. The summed E-state index contributed by atoms with van der Waals surface area (Å²) >= 11 is 0. The lowest BCUT2D eigenvalue weighted by molar-refractivity contribution is 0.337. The fourth-order valence-electron chi connectivity index (χ4n) is 2.79. The van der Waals surface area contributed by atoms with Gasteiger partial charge >= 0.3 is 0 Å². The monoisotopic (exact) mass is 311 g/mol. The molecule has 0 aromatic heterocycles. The lowest BCUT2D eigenvalue weighted by atomic mass is 10.1. The third-order valence-corrected chi connectivity index (χ3v) is 5.45. The van der Waals surface area contributed by atoms with Crippen molar-refractivity contribution in [3.63, 3.8) is 0 Å². The maximum absolute atomic E-state index is 12.5. The van der Waals surface area contributed by atoms with E-state index in [4.69, 9.17) is 4.74 Å². The molecule has 1 fully saturated rings. The van der Waals surface area contributed by atoms with Crippen molar-refractivity contribution in [3.05, 3.63) is 23.8 Å². The maximum Gasteiger partial charge on any atom is 0.240 e. The Labute approximate surface area is 127 Å². The SMILES string of the molecule is CCOc1ccc(S(=O)(=O)NC2CCCCCC2)cc1C. The van der Waals surface area contributed by atoms with Gasteiger partial charge in [-0.25, -0.2) is 13.1 Å². The van der Waals surface area contributed by atoms with Crippen LogP contribution in [0.25, 0.3) is 0 Å². The molecule has 0 amide bonds. The molecular weight excluding hydrogens is 286 g/mol. The number of hydrogen-bond acceptors (Lipinski definition) is 3. The molecule has 2 rings (SSSR count). The number of benzene rings is 1. The second kappa shape index (κ2) is 7.27. The molecular formula is C16H25NO3S. The van der Waals surface area contributed by atoms with Gasteiger partial charge in [-0.1, -0.05) is 25.7 Å². The summed E-state index contributed by atoms with van der Waals surface area (Å²) in [6.07, 6.45) is 6.51. The first-order valence-electron chi connectivity index (χ1n) is 7.78. The Morgan fingerprint density at radius 3 is 2.43 bits per heavy atom. The normalized spacial score (nSPS) is 17.4. The van der Waals surface area contributed by atoms with Crippen LogP contribution in [0.2, 0.25) is 0 Å². The third-order valence-electron chi connectivity index (χ3n) is 3.93. The molecule has 1 aromatic rings. The van der Waals surface area contributed by atoms with Crippen LogP contribution in [0.4, 0.5) is 0 Å². The standard InChI is InChI=1S/C16H25NO3S/c1-3-20-16-11-10-15(12-13(16)2)21(18,19)17-14-8-6-4-5-7-9-14/h10-12,14,17H,3-9H2,1-2H3.